The van der Waals surface area contributed by atoms with Gasteiger partial charge in [0.05, 0.1) is 5.75 Å². The molecule has 0 heterocycles. The number of benzene rings is 1. The summed E-state index contributed by atoms with van der Waals surface area (Å²) >= 11 is 0. The fourth-order valence-corrected chi connectivity index (χ4v) is 2.17. The highest BCUT2D eigenvalue weighted by Crippen LogP contribution is 2.09. The molecule has 0 aromatic heterocycles. The molecule has 1 aromatic rings. The fraction of sp³-hybridized carbons (Fsp3) is 0.500. The van der Waals surface area contributed by atoms with Crippen molar-refractivity contribution < 1.29 is 12.8 Å². The number of aryl methyl sites for hydroxylation is 1. The van der Waals surface area contributed by atoms with Crippen LogP contribution in [-0.4, -0.2) is 26.5 Å². The summed E-state index contributed by atoms with van der Waals surface area (Å²) in [6, 6.07) is 4.60. The average molecular weight is 259 g/mol. The summed E-state index contributed by atoms with van der Waals surface area (Å²) in [6.45, 7) is 4.42. The molecule has 1 N–H and O–H groups in total. The Hall–Kier alpha value is -0.940. The summed E-state index contributed by atoms with van der Waals surface area (Å²) in [5, 5.41) is 3.01. The smallest absolute Gasteiger partial charge is 0.151 e. The van der Waals surface area contributed by atoms with Crippen molar-refractivity contribution in [1.29, 1.82) is 0 Å². The Morgan fingerprint density at radius 3 is 2.71 bits per heavy atom. The molecule has 0 amide bonds. The summed E-state index contributed by atoms with van der Waals surface area (Å²) in [4.78, 5) is 0. The molecule has 0 aliphatic rings. The second kappa shape index (κ2) is 6.12. The molecule has 0 saturated heterocycles. The van der Waals surface area contributed by atoms with E-state index in [-0.39, 0.29) is 17.3 Å². The largest absolute Gasteiger partial charge is 0.312 e. The topological polar surface area (TPSA) is 46.2 Å². The van der Waals surface area contributed by atoms with Crippen LogP contribution in [0, 0.1) is 12.7 Å². The maximum Gasteiger partial charge on any atom is 0.151 e. The Morgan fingerprint density at radius 2 is 2.06 bits per heavy atom. The molecule has 0 fully saturated rings. The molecule has 5 heteroatoms. The van der Waals surface area contributed by atoms with Gasteiger partial charge in [0.2, 0.25) is 0 Å². The molecule has 0 saturated carbocycles. The van der Waals surface area contributed by atoms with Gasteiger partial charge in [0.15, 0.2) is 9.84 Å². The first-order chi connectivity index (χ1) is 7.94. The van der Waals surface area contributed by atoms with Crippen LogP contribution >= 0.6 is 0 Å². The van der Waals surface area contributed by atoms with Gasteiger partial charge in [-0.05, 0) is 30.2 Å². The number of sulfone groups is 1. The quantitative estimate of drug-likeness (QED) is 0.790. The highest BCUT2D eigenvalue weighted by Gasteiger charge is 2.06. The molecular formula is C12H18FNO2S. The third kappa shape index (κ3) is 4.83. The zero-order valence-electron chi connectivity index (χ0n) is 10.2. The minimum atomic E-state index is -2.93. The van der Waals surface area contributed by atoms with Crippen LogP contribution in [-0.2, 0) is 16.4 Å². The lowest BCUT2D eigenvalue weighted by atomic mass is 10.1. The zero-order chi connectivity index (χ0) is 12.9. The van der Waals surface area contributed by atoms with E-state index < -0.39 is 9.84 Å². The monoisotopic (exact) mass is 259 g/mol. The third-order valence-electron chi connectivity index (χ3n) is 2.66. The number of nitrogens with one attached hydrogen (secondary N) is 1. The third-order valence-corrected chi connectivity index (χ3v) is 4.36. The van der Waals surface area contributed by atoms with Crippen molar-refractivity contribution in [2.45, 2.75) is 20.4 Å². The van der Waals surface area contributed by atoms with Crippen molar-refractivity contribution in [3.05, 3.63) is 35.1 Å². The first-order valence-electron chi connectivity index (χ1n) is 5.61. The van der Waals surface area contributed by atoms with Crippen molar-refractivity contribution in [2.24, 2.45) is 0 Å². The molecule has 0 radical (unpaired) electrons. The maximum absolute atomic E-state index is 13.0. The van der Waals surface area contributed by atoms with Gasteiger partial charge in [-0.15, -0.1) is 0 Å². The van der Waals surface area contributed by atoms with Crippen molar-refractivity contribution in [3.8, 4) is 0 Å². The van der Waals surface area contributed by atoms with Crippen LogP contribution in [0.3, 0.4) is 0 Å². The van der Waals surface area contributed by atoms with Gasteiger partial charge in [-0.25, -0.2) is 12.8 Å². The average Bonchev–Trinajstić information content (AvgIpc) is 2.29. The van der Waals surface area contributed by atoms with Crippen molar-refractivity contribution in [1.82, 2.24) is 5.32 Å². The molecule has 3 nitrogen and oxygen atoms in total. The first-order valence-corrected chi connectivity index (χ1v) is 7.43. The van der Waals surface area contributed by atoms with Gasteiger partial charge in [-0.2, -0.15) is 0 Å². The number of rotatable bonds is 6. The first kappa shape index (κ1) is 14.1. The van der Waals surface area contributed by atoms with Crippen LogP contribution in [0.4, 0.5) is 4.39 Å². The van der Waals surface area contributed by atoms with Gasteiger partial charge in [-0.1, -0.05) is 13.0 Å². The summed E-state index contributed by atoms with van der Waals surface area (Å²) in [7, 11) is -2.93. The summed E-state index contributed by atoms with van der Waals surface area (Å²) < 4.78 is 35.4. The Morgan fingerprint density at radius 1 is 1.35 bits per heavy atom. The molecule has 0 aliphatic carbocycles. The van der Waals surface area contributed by atoms with E-state index in [9.17, 15) is 12.8 Å². The lowest BCUT2D eigenvalue weighted by Gasteiger charge is -2.08. The Kier molecular flexibility index (Phi) is 5.08. The van der Waals surface area contributed by atoms with Crippen LogP contribution in [0.25, 0.3) is 0 Å². The summed E-state index contributed by atoms with van der Waals surface area (Å²) in [5.74, 6) is 0.0134. The van der Waals surface area contributed by atoms with E-state index in [0.29, 0.717) is 13.1 Å². The minimum Gasteiger partial charge on any atom is -0.312 e. The SMILES string of the molecule is CCS(=O)(=O)CCNCc1cc(F)ccc1C. The van der Waals surface area contributed by atoms with E-state index in [0.717, 1.165) is 11.1 Å². The normalized spacial score (nSPS) is 11.7. The predicted molar refractivity (Wildman–Crippen MR) is 67.2 cm³/mol. The van der Waals surface area contributed by atoms with E-state index in [1.807, 2.05) is 6.92 Å². The van der Waals surface area contributed by atoms with Gasteiger partial charge in [0.25, 0.3) is 0 Å². The van der Waals surface area contributed by atoms with Crippen LogP contribution < -0.4 is 5.32 Å². The molecule has 1 aromatic carbocycles. The maximum atomic E-state index is 13.0. The molecule has 1 rings (SSSR count). The van der Waals surface area contributed by atoms with E-state index in [2.05, 4.69) is 5.32 Å². The van der Waals surface area contributed by atoms with Gasteiger partial charge in [0.1, 0.15) is 5.82 Å². The number of hydrogen-bond donors (Lipinski definition) is 1. The van der Waals surface area contributed by atoms with E-state index in [1.165, 1.54) is 12.1 Å². The molecule has 0 spiro atoms. The van der Waals surface area contributed by atoms with E-state index >= 15 is 0 Å². The minimum absolute atomic E-state index is 0.123. The van der Waals surface area contributed by atoms with Crippen LogP contribution in [0.5, 0.6) is 0 Å². The Balaban J connectivity index is 2.44. The lowest BCUT2D eigenvalue weighted by molar-refractivity contribution is 0.590. The summed E-state index contributed by atoms with van der Waals surface area (Å²) in [6.07, 6.45) is 0. The summed E-state index contributed by atoms with van der Waals surface area (Å²) in [5.41, 5.74) is 1.86. The Labute approximate surface area is 102 Å². The van der Waals surface area contributed by atoms with Gasteiger partial charge < -0.3 is 5.32 Å². The van der Waals surface area contributed by atoms with Crippen LogP contribution in [0.15, 0.2) is 18.2 Å². The van der Waals surface area contributed by atoms with Crippen molar-refractivity contribution >= 4 is 9.84 Å². The molecule has 0 bridgehead atoms. The zero-order valence-corrected chi connectivity index (χ0v) is 11.0. The van der Waals surface area contributed by atoms with Gasteiger partial charge in [0, 0.05) is 18.8 Å². The Bertz CT molecular complexity index is 471. The van der Waals surface area contributed by atoms with Crippen molar-refractivity contribution in [3.63, 3.8) is 0 Å². The lowest BCUT2D eigenvalue weighted by Crippen LogP contribution is -2.23. The molecular weight excluding hydrogens is 241 g/mol. The highest BCUT2D eigenvalue weighted by molar-refractivity contribution is 7.91. The van der Waals surface area contributed by atoms with E-state index in [1.54, 1.807) is 13.0 Å². The van der Waals surface area contributed by atoms with Crippen molar-refractivity contribution in [2.75, 3.05) is 18.1 Å². The van der Waals surface area contributed by atoms with Crippen LogP contribution in [0.1, 0.15) is 18.1 Å². The second-order valence-corrected chi connectivity index (χ2v) is 6.46. The highest BCUT2D eigenvalue weighted by atomic mass is 32.2. The molecule has 0 atom stereocenters. The molecule has 0 unspecified atom stereocenters. The van der Waals surface area contributed by atoms with Gasteiger partial charge >= 0.3 is 0 Å². The molecule has 0 aliphatic heterocycles. The number of halogens is 1. The number of hydrogen-bond acceptors (Lipinski definition) is 3. The second-order valence-electron chi connectivity index (χ2n) is 3.98. The predicted octanol–water partition coefficient (Wildman–Crippen LogP) is 1.66. The fourth-order valence-electron chi connectivity index (χ4n) is 1.43. The molecule has 96 valence electrons. The van der Waals surface area contributed by atoms with E-state index in [4.69, 9.17) is 0 Å². The molecule has 17 heavy (non-hydrogen) atoms. The van der Waals surface area contributed by atoms with Gasteiger partial charge in [-0.3, -0.25) is 0 Å². The van der Waals surface area contributed by atoms with Crippen LogP contribution in [0.2, 0.25) is 0 Å². The standard InChI is InChI=1S/C12H18FNO2S/c1-3-17(15,16)7-6-14-9-11-8-12(13)5-4-10(11)2/h4-5,8,14H,3,6-7,9H2,1-2H3.